The molecule has 2 heterocycles. The SMILES string of the molecule is CNc1ccc(C(=O)Nc2ccn[nH]2)o1. The molecule has 2 aromatic heterocycles. The fraction of sp³-hybridized carbons (Fsp3) is 0.111. The summed E-state index contributed by atoms with van der Waals surface area (Å²) in [5, 5.41) is 11.7. The first-order chi connectivity index (χ1) is 7.29. The number of rotatable bonds is 3. The second-order valence-corrected chi connectivity index (χ2v) is 2.84. The van der Waals surface area contributed by atoms with E-state index in [2.05, 4.69) is 20.8 Å². The van der Waals surface area contributed by atoms with E-state index in [1.807, 2.05) is 0 Å². The molecule has 0 radical (unpaired) electrons. The van der Waals surface area contributed by atoms with Gasteiger partial charge in [0.1, 0.15) is 5.82 Å². The number of nitrogens with zero attached hydrogens (tertiary/aromatic N) is 1. The van der Waals surface area contributed by atoms with Crippen LogP contribution in [0.25, 0.3) is 0 Å². The van der Waals surface area contributed by atoms with Crippen molar-refractivity contribution < 1.29 is 9.21 Å². The van der Waals surface area contributed by atoms with Crippen LogP contribution in [0.2, 0.25) is 0 Å². The van der Waals surface area contributed by atoms with E-state index in [0.717, 1.165) is 0 Å². The lowest BCUT2D eigenvalue weighted by Crippen LogP contribution is -2.11. The van der Waals surface area contributed by atoms with Gasteiger partial charge in [0.25, 0.3) is 5.91 Å². The van der Waals surface area contributed by atoms with Crippen LogP contribution in [-0.4, -0.2) is 23.2 Å². The number of nitrogens with one attached hydrogen (secondary N) is 3. The van der Waals surface area contributed by atoms with Crippen molar-refractivity contribution in [2.45, 2.75) is 0 Å². The van der Waals surface area contributed by atoms with E-state index in [0.29, 0.717) is 11.7 Å². The lowest BCUT2D eigenvalue weighted by Gasteiger charge is -1.98. The van der Waals surface area contributed by atoms with Crippen LogP contribution in [0.15, 0.2) is 28.8 Å². The van der Waals surface area contributed by atoms with E-state index in [4.69, 9.17) is 4.42 Å². The van der Waals surface area contributed by atoms with Crippen molar-refractivity contribution in [2.24, 2.45) is 0 Å². The number of hydrogen-bond donors (Lipinski definition) is 3. The Morgan fingerprint density at radius 2 is 2.33 bits per heavy atom. The summed E-state index contributed by atoms with van der Waals surface area (Å²) in [4.78, 5) is 11.6. The number of carbonyl (C=O) groups is 1. The van der Waals surface area contributed by atoms with Crippen molar-refractivity contribution in [3.05, 3.63) is 30.2 Å². The summed E-state index contributed by atoms with van der Waals surface area (Å²) in [5.41, 5.74) is 0. The van der Waals surface area contributed by atoms with Crippen molar-refractivity contribution in [1.82, 2.24) is 10.2 Å². The van der Waals surface area contributed by atoms with Gasteiger partial charge in [0, 0.05) is 19.2 Å². The molecule has 0 spiro atoms. The molecule has 6 nitrogen and oxygen atoms in total. The number of aromatic nitrogens is 2. The molecule has 0 aliphatic heterocycles. The van der Waals surface area contributed by atoms with E-state index in [1.54, 1.807) is 31.4 Å². The molecule has 0 saturated heterocycles. The molecule has 0 atom stereocenters. The Morgan fingerprint density at radius 1 is 1.47 bits per heavy atom. The minimum atomic E-state index is -0.319. The first kappa shape index (κ1) is 9.32. The Hall–Kier alpha value is -2.24. The minimum Gasteiger partial charge on any atom is -0.436 e. The summed E-state index contributed by atoms with van der Waals surface area (Å²) in [6, 6.07) is 4.93. The molecule has 2 aromatic rings. The summed E-state index contributed by atoms with van der Waals surface area (Å²) in [6.07, 6.45) is 1.55. The maximum Gasteiger partial charge on any atom is 0.292 e. The van der Waals surface area contributed by atoms with Gasteiger partial charge in [0.2, 0.25) is 0 Å². The van der Waals surface area contributed by atoms with Crippen LogP contribution in [0.5, 0.6) is 0 Å². The monoisotopic (exact) mass is 206 g/mol. The maximum absolute atomic E-state index is 11.6. The van der Waals surface area contributed by atoms with Crippen LogP contribution >= 0.6 is 0 Å². The van der Waals surface area contributed by atoms with E-state index in [9.17, 15) is 4.79 Å². The molecule has 0 aliphatic rings. The van der Waals surface area contributed by atoms with Crippen LogP contribution in [0.1, 0.15) is 10.6 Å². The number of hydrogen-bond acceptors (Lipinski definition) is 4. The molecule has 0 fully saturated rings. The maximum atomic E-state index is 11.6. The number of aromatic amines is 1. The molecule has 0 aliphatic carbocycles. The topological polar surface area (TPSA) is 83.0 Å². The predicted molar refractivity (Wildman–Crippen MR) is 54.8 cm³/mol. The first-order valence-corrected chi connectivity index (χ1v) is 4.38. The van der Waals surface area contributed by atoms with Crippen molar-refractivity contribution in [1.29, 1.82) is 0 Å². The van der Waals surface area contributed by atoms with Crippen molar-refractivity contribution in [2.75, 3.05) is 17.7 Å². The Kier molecular flexibility index (Phi) is 2.40. The molecule has 0 unspecified atom stereocenters. The van der Waals surface area contributed by atoms with Gasteiger partial charge in [-0.1, -0.05) is 0 Å². The molecule has 15 heavy (non-hydrogen) atoms. The van der Waals surface area contributed by atoms with Gasteiger partial charge >= 0.3 is 0 Å². The molecule has 0 aromatic carbocycles. The van der Waals surface area contributed by atoms with Crippen LogP contribution in [-0.2, 0) is 0 Å². The number of H-pyrrole nitrogens is 1. The second-order valence-electron chi connectivity index (χ2n) is 2.84. The van der Waals surface area contributed by atoms with Gasteiger partial charge in [-0.05, 0) is 6.07 Å². The highest BCUT2D eigenvalue weighted by Gasteiger charge is 2.11. The van der Waals surface area contributed by atoms with Crippen molar-refractivity contribution in [3.63, 3.8) is 0 Å². The van der Waals surface area contributed by atoms with Crippen LogP contribution in [0.3, 0.4) is 0 Å². The highest BCUT2D eigenvalue weighted by molar-refractivity contribution is 6.01. The van der Waals surface area contributed by atoms with Crippen LogP contribution < -0.4 is 10.6 Å². The van der Waals surface area contributed by atoms with E-state index < -0.39 is 0 Å². The summed E-state index contributed by atoms with van der Waals surface area (Å²) in [7, 11) is 1.72. The quantitative estimate of drug-likeness (QED) is 0.706. The highest BCUT2D eigenvalue weighted by Crippen LogP contribution is 2.13. The molecular formula is C9H10N4O2. The van der Waals surface area contributed by atoms with Gasteiger partial charge in [-0.3, -0.25) is 9.89 Å². The van der Waals surface area contributed by atoms with Gasteiger partial charge in [-0.25, -0.2) is 0 Å². The van der Waals surface area contributed by atoms with Gasteiger partial charge < -0.3 is 15.1 Å². The summed E-state index contributed by atoms with van der Waals surface area (Å²) >= 11 is 0. The van der Waals surface area contributed by atoms with Crippen molar-refractivity contribution in [3.8, 4) is 0 Å². The normalized spacial score (nSPS) is 9.93. The first-order valence-electron chi connectivity index (χ1n) is 4.38. The molecule has 3 N–H and O–H groups in total. The fourth-order valence-corrected chi connectivity index (χ4v) is 1.10. The fourth-order valence-electron chi connectivity index (χ4n) is 1.10. The molecule has 0 bridgehead atoms. The van der Waals surface area contributed by atoms with Gasteiger partial charge in [0.15, 0.2) is 11.6 Å². The van der Waals surface area contributed by atoms with E-state index in [1.165, 1.54) is 0 Å². The molecule has 0 saturated carbocycles. The van der Waals surface area contributed by atoms with Crippen LogP contribution in [0.4, 0.5) is 11.7 Å². The Labute approximate surface area is 85.7 Å². The summed E-state index contributed by atoms with van der Waals surface area (Å²) < 4.78 is 5.19. The molecule has 1 amide bonds. The lowest BCUT2D eigenvalue weighted by atomic mass is 10.4. The number of anilines is 2. The van der Waals surface area contributed by atoms with E-state index >= 15 is 0 Å². The molecule has 2 rings (SSSR count). The summed E-state index contributed by atoms with van der Waals surface area (Å²) in [6.45, 7) is 0. The minimum absolute atomic E-state index is 0.244. The van der Waals surface area contributed by atoms with Gasteiger partial charge in [-0.15, -0.1) is 0 Å². The zero-order chi connectivity index (χ0) is 10.7. The van der Waals surface area contributed by atoms with Gasteiger partial charge in [-0.2, -0.15) is 5.10 Å². The molecule has 78 valence electrons. The average Bonchev–Trinajstić information content (AvgIpc) is 2.86. The standard InChI is InChI=1S/C9H10N4O2/c1-10-8-3-2-6(15-8)9(14)12-7-4-5-11-13-7/h2-5,10H,1H3,(H2,11,12,13,14). The Morgan fingerprint density at radius 3 is 2.93 bits per heavy atom. The number of carbonyl (C=O) groups excluding carboxylic acids is 1. The number of amides is 1. The smallest absolute Gasteiger partial charge is 0.292 e. The van der Waals surface area contributed by atoms with Crippen molar-refractivity contribution >= 4 is 17.6 Å². The largest absolute Gasteiger partial charge is 0.436 e. The Balaban J connectivity index is 2.08. The second kappa shape index (κ2) is 3.87. The third kappa shape index (κ3) is 1.98. The molecule has 6 heteroatoms. The average molecular weight is 206 g/mol. The Bertz CT molecular complexity index is 446. The lowest BCUT2D eigenvalue weighted by molar-refractivity contribution is 0.0997. The predicted octanol–water partition coefficient (Wildman–Crippen LogP) is 1.30. The number of furan rings is 1. The zero-order valence-electron chi connectivity index (χ0n) is 8.07. The third-order valence-corrected chi connectivity index (χ3v) is 1.83. The third-order valence-electron chi connectivity index (χ3n) is 1.83. The van der Waals surface area contributed by atoms with Gasteiger partial charge in [0.05, 0.1) is 6.20 Å². The molecular weight excluding hydrogens is 196 g/mol. The van der Waals surface area contributed by atoms with E-state index in [-0.39, 0.29) is 11.7 Å². The zero-order valence-corrected chi connectivity index (χ0v) is 8.07. The van der Waals surface area contributed by atoms with Crippen LogP contribution in [0, 0.1) is 0 Å². The summed E-state index contributed by atoms with van der Waals surface area (Å²) in [5.74, 6) is 1.00. The highest BCUT2D eigenvalue weighted by atomic mass is 16.4.